The first-order chi connectivity index (χ1) is 9.15. The van der Waals surface area contributed by atoms with Gasteiger partial charge in [-0.05, 0) is 18.1 Å². The SMILES string of the molecule is C=CCCOCCNCc1ccc(Cl)c([N+](=O)[O-])c1. The van der Waals surface area contributed by atoms with E-state index in [4.69, 9.17) is 16.3 Å². The lowest BCUT2D eigenvalue weighted by Gasteiger charge is -2.06. The molecule has 5 nitrogen and oxygen atoms in total. The summed E-state index contributed by atoms with van der Waals surface area (Å²) in [5.74, 6) is 0. The van der Waals surface area contributed by atoms with Gasteiger partial charge in [0.25, 0.3) is 5.69 Å². The average molecular weight is 285 g/mol. The fourth-order valence-electron chi connectivity index (χ4n) is 1.45. The van der Waals surface area contributed by atoms with Gasteiger partial charge in [-0.2, -0.15) is 0 Å². The van der Waals surface area contributed by atoms with Crippen LogP contribution in [0.1, 0.15) is 12.0 Å². The largest absolute Gasteiger partial charge is 0.380 e. The van der Waals surface area contributed by atoms with Crippen molar-refractivity contribution in [3.05, 3.63) is 51.6 Å². The summed E-state index contributed by atoms with van der Waals surface area (Å²) in [4.78, 5) is 10.2. The molecule has 6 heteroatoms. The number of nitrogens with one attached hydrogen (secondary N) is 1. The van der Waals surface area contributed by atoms with Gasteiger partial charge in [-0.25, -0.2) is 0 Å². The predicted octanol–water partition coefficient (Wildman–Crippen LogP) is 2.93. The van der Waals surface area contributed by atoms with Gasteiger partial charge < -0.3 is 10.1 Å². The molecule has 0 radical (unpaired) electrons. The van der Waals surface area contributed by atoms with Crippen LogP contribution in [0.25, 0.3) is 0 Å². The molecule has 0 aliphatic carbocycles. The number of benzene rings is 1. The van der Waals surface area contributed by atoms with Gasteiger partial charge >= 0.3 is 0 Å². The van der Waals surface area contributed by atoms with E-state index in [2.05, 4.69) is 11.9 Å². The fraction of sp³-hybridized carbons (Fsp3) is 0.385. The van der Waals surface area contributed by atoms with E-state index in [1.54, 1.807) is 12.1 Å². The summed E-state index contributed by atoms with van der Waals surface area (Å²) >= 11 is 5.73. The first-order valence-electron chi connectivity index (χ1n) is 5.97. The van der Waals surface area contributed by atoms with E-state index in [0.717, 1.165) is 12.0 Å². The van der Waals surface area contributed by atoms with E-state index < -0.39 is 4.92 Å². The van der Waals surface area contributed by atoms with Crippen LogP contribution < -0.4 is 5.32 Å². The van der Waals surface area contributed by atoms with Crippen molar-refractivity contribution in [1.82, 2.24) is 5.32 Å². The van der Waals surface area contributed by atoms with Gasteiger partial charge in [-0.1, -0.05) is 23.7 Å². The number of halogens is 1. The molecule has 104 valence electrons. The summed E-state index contributed by atoms with van der Waals surface area (Å²) < 4.78 is 5.33. The van der Waals surface area contributed by atoms with Crippen molar-refractivity contribution in [2.45, 2.75) is 13.0 Å². The molecule has 0 unspecified atom stereocenters. The van der Waals surface area contributed by atoms with Crippen LogP contribution in [-0.4, -0.2) is 24.7 Å². The smallest absolute Gasteiger partial charge is 0.288 e. The standard InChI is InChI=1S/C13H17ClN2O3/c1-2-3-7-19-8-6-15-10-11-4-5-12(14)13(9-11)16(17)18/h2,4-5,9,15H,1,3,6-8,10H2. The molecule has 0 atom stereocenters. The molecule has 0 spiro atoms. The Labute approximate surface area is 117 Å². The number of nitro benzene ring substituents is 1. The number of rotatable bonds is 9. The molecule has 0 aliphatic heterocycles. The van der Waals surface area contributed by atoms with E-state index in [1.165, 1.54) is 12.1 Å². The summed E-state index contributed by atoms with van der Waals surface area (Å²) in [7, 11) is 0. The minimum atomic E-state index is -0.482. The quantitative estimate of drug-likeness (QED) is 0.328. The molecule has 0 aromatic heterocycles. The van der Waals surface area contributed by atoms with Crippen LogP contribution in [0.4, 0.5) is 5.69 Å². The molecule has 0 fully saturated rings. The van der Waals surface area contributed by atoms with Crippen molar-refractivity contribution in [2.75, 3.05) is 19.8 Å². The molecule has 19 heavy (non-hydrogen) atoms. The lowest BCUT2D eigenvalue weighted by molar-refractivity contribution is -0.384. The average Bonchev–Trinajstić information content (AvgIpc) is 2.39. The Balaban J connectivity index is 2.31. The highest BCUT2D eigenvalue weighted by molar-refractivity contribution is 6.32. The van der Waals surface area contributed by atoms with Gasteiger partial charge in [-0.15, -0.1) is 6.58 Å². The van der Waals surface area contributed by atoms with Crippen molar-refractivity contribution in [2.24, 2.45) is 0 Å². The minimum absolute atomic E-state index is 0.0665. The molecule has 0 amide bonds. The van der Waals surface area contributed by atoms with Crippen LogP contribution in [0.2, 0.25) is 5.02 Å². The second-order valence-electron chi connectivity index (χ2n) is 3.91. The summed E-state index contributed by atoms with van der Waals surface area (Å²) in [6, 6.07) is 4.78. The first-order valence-corrected chi connectivity index (χ1v) is 6.35. The highest BCUT2D eigenvalue weighted by Crippen LogP contribution is 2.24. The van der Waals surface area contributed by atoms with Crippen molar-refractivity contribution in [3.63, 3.8) is 0 Å². The Morgan fingerprint density at radius 2 is 2.26 bits per heavy atom. The predicted molar refractivity (Wildman–Crippen MR) is 75.4 cm³/mol. The van der Waals surface area contributed by atoms with Crippen LogP contribution in [0.5, 0.6) is 0 Å². The topological polar surface area (TPSA) is 64.4 Å². The number of hydrogen-bond donors (Lipinski definition) is 1. The monoisotopic (exact) mass is 284 g/mol. The Morgan fingerprint density at radius 3 is 2.95 bits per heavy atom. The highest BCUT2D eigenvalue weighted by Gasteiger charge is 2.12. The maximum atomic E-state index is 10.7. The van der Waals surface area contributed by atoms with Gasteiger partial charge in [0.15, 0.2) is 0 Å². The molecule has 1 N–H and O–H groups in total. The molecule has 0 aliphatic rings. The lowest BCUT2D eigenvalue weighted by atomic mass is 10.2. The van der Waals surface area contributed by atoms with Crippen LogP contribution in [0, 0.1) is 10.1 Å². The summed E-state index contributed by atoms with van der Waals surface area (Å²) in [5.41, 5.74) is 0.755. The normalized spacial score (nSPS) is 10.4. The first kappa shape index (κ1) is 15.6. The zero-order chi connectivity index (χ0) is 14.1. The molecular weight excluding hydrogens is 268 g/mol. The van der Waals surface area contributed by atoms with E-state index in [1.807, 2.05) is 0 Å². The Bertz CT molecular complexity index is 438. The number of nitrogens with zero attached hydrogens (tertiary/aromatic N) is 1. The molecule has 0 bridgehead atoms. The maximum Gasteiger partial charge on any atom is 0.288 e. The molecule has 0 saturated carbocycles. The number of ether oxygens (including phenoxy) is 1. The van der Waals surface area contributed by atoms with Gasteiger partial charge in [0.1, 0.15) is 5.02 Å². The summed E-state index contributed by atoms with van der Waals surface area (Å²) in [5, 5.41) is 14.0. The van der Waals surface area contributed by atoms with Crippen molar-refractivity contribution < 1.29 is 9.66 Å². The lowest BCUT2D eigenvalue weighted by Crippen LogP contribution is -2.19. The fourth-order valence-corrected chi connectivity index (χ4v) is 1.64. The zero-order valence-corrected chi connectivity index (χ0v) is 11.4. The third-order valence-corrected chi connectivity index (χ3v) is 2.75. The van der Waals surface area contributed by atoms with Crippen LogP contribution in [-0.2, 0) is 11.3 Å². The Hall–Kier alpha value is -1.43. The van der Waals surface area contributed by atoms with Crippen molar-refractivity contribution in [3.8, 4) is 0 Å². The van der Waals surface area contributed by atoms with Crippen LogP contribution in [0.3, 0.4) is 0 Å². The number of nitro groups is 1. The van der Waals surface area contributed by atoms with Crippen molar-refractivity contribution >= 4 is 17.3 Å². The van der Waals surface area contributed by atoms with Gasteiger partial charge in [0.2, 0.25) is 0 Å². The molecule has 1 rings (SSSR count). The molecular formula is C13H17ClN2O3. The van der Waals surface area contributed by atoms with Gasteiger partial charge in [0, 0.05) is 19.2 Å². The van der Waals surface area contributed by atoms with Crippen molar-refractivity contribution in [1.29, 1.82) is 0 Å². The van der Waals surface area contributed by atoms with Gasteiger partial charge in [-0.3, -0.25) is 10.1 Å². The zero-order valence-electron chi connectivity index (χ0n) is 10.6. The minimum Gasteiger partial charge on any atom is -0.380 e. The second-order valence-corrected chi connectivity index (χ2v) is 4.32. The second kappa shape index (κ2) is 8.63. The van der Waals surface area contributed by atoms with Crippen LogP contribution >= 0.6 is 11.6 Å². The third-order valence-electron chi connectivity index (χ3n) is 2.43. The summed E-state index contributed by atoms with van der Waals surface area (Å²) in [6.45, 7) is 6.10. The number of hydrogen-bond acceptors (Lipinski definition) is 4. The van der Waals surface area contributed by atoms with E-state index in [9.17, 15) is 10.1 Å². The highest BCUT2D eigenvalue weighted by atomic mass is 35.5. The maximum absolute atomic E-state index is 10.7. The summed E-state index contributed by atoms with van der Waals surface area (Å²) in [6.07, 6.45) is 2.64. The van der Waals surface area contributed by atoms with E-state index in [0.29, 0.717) is 26.3 Å². The third kappa shape index (κ3) is 5.83. The van der Waals surface area contributed by atoms with Crippen LogP contribution in [0.15, 0.2) is 30.9 Å². The molecule has 0 heterocycles. The van der Waals surface area contributed by atoms with E-state index in [-0.39, 0.29) is 10.7 Å². The molecule has 1 aromatic rings. The Kier molecular flexibility index (Phi) is 7.10. The van der Waals surface area contributed by atoms with Gasteiger partial charge in [0.05, 0.1) is 18.1 Å². The molecule has 0 saturated heterocycles. The Morgan fingerprint density at radius 1 is 1.47 bits per heavy atom. The van der Waals surface area contributed by atoms with E-state index >= 15 is 0 Å². The molecule has 1 aromatic carbocycles.